The van der Waals surface area contributed by atoms with Gasteiger partial charge in [0.15, 0.2) is 0 Å². The van der Waals surface area contributed by atoms with Crippen LogP contribution in [0.1, 0.15) is 5.56 Å². The number of benzene rings is 1. The minimum absolute atomic E-state index is 0.252. The molecular weight excluding hydrogens is 380 g/mol. The Balaban J connectivity index is 1.68. The van der Waals surface area contributed by atoms with Gasteiger partial charge in [-0.25, -0.2) is 4.98 Å². The van der Waals surface area contributed by atoms with E-state index >= 15 is 0 Å². The van der Waals surface area contributed by atoms with Crippen LogP contribution in [-0.4, -0.2) is 17.5 Å². The lowest BCUT2D eigenvalue weighted by Crippen LogP contribution is -2.10. The standard InChI is InChI=1S/C17H12BrClN2O2/c18-13-2-5-16(20-9-13)21-17(22)6-1-11-7-12-8-14(19)3-4-15(12)23-10-11/h1-9H,10H2,(H,20,21,22)/b6-1+. The zero-order valence-electron chi connectivity index (χ0n) is 11.9. The molecular formula is C17H12BrClN2O2. The number of amides is 1. The lowest BCUT2D eigenvalue weighted by atomic mass is 10.1. The van der Waals surface area contributed by atoms with Crippen LogP contribution in [0.5, 0.6) is 5.75 Å². The third kappa shape index (κ3) is 4.21. The average Bonchev–Trinajstić information content (AvgIpc) is 2.54. The van der Waals surface area contributed by atoms with Crippen molar-refractivity contribution in [1.29, 1.82) is 0 Å². The number of rotatable bonds is 3. The van der Waals surface area contributed by atoms with Crippen LogP contribution in [0.3, 0.4) is 0 Å². The van der Waals surface area contributed by atoms with E-state index in [-0.39, 0.29) is 5.91 Å². The molecule has 0 radical (unpaired) electrons. The van der Waals surface area contributed by atoms with Crippen molar-refractivity contribution in [3.63, 3.8) is 0 Å². The Morgan fingerprint density at radius 2 is 2.22 bits per heavy atom. The normalized spacial score (nSPS) is 13.2. The highest BCUT2D eigenvalue weighted by atomic mass is 79.9. The van der Waals surface area contributed by atoms with Crippen LogP contribution < -0.4 is 10.1 Å². The highest BCUT2D eigenvalue weighted by molar-refractivity contribution is 9.10. The molecule has 0 bridgehead atoms. The van der Waals surface area contributed by atoms with Gasteiger partial charge in [0, 0.05) is 27.3 Å². The first-order valence-corrected chi connectivity index (χ1v) is 8.01. The summed E-state index contributed by atoms with van der Waals surface area (Å²) in [4.78, 5) is 16.0. The Morgan fingerprint density at radius 1 is 1.35 bits per heavy atom. The van der Waals surface area contributed by atoms with E-state index in [9.17, 15) is 4.79 Å². The molecule has 0 atom stereocenters. The fourth-order valence-corrected chi connectivity index (χ4v) is 2.48. The van der Waals surface area contributed by atoms with Crippen LogP contribution >= 0.6 is 27.5 Å². The SMILES string of the molecule is O=C(/C=C/C1=Cc2cc(Cl)ccc2OC1)Nc1ccc(Br)cn1. The fraction of sp³-hybridized carbons (Fsp3) is 0.0588. The summed E-state index contributed by atoms with van der Waals surface area (Å²) < 4.78 is 6.48. The van der Waals surface area contributed by atoms with Crippen molar-refractivity contribution in [1.82, 2.24) is 4.98 Å². The number of pyridine rings is 1. The number of nitrogens with one attached hydrogen (secondary N) is 1. The predicted octanol–water partition coefficient (Wildman–Crippen LogP) is 4.47. The fourth-order valence-electron chi connectivity index (χ4n) is 2.06. The van der Waals surface area contributed by atoms with Gasteiger partial charge >= 0.3 is 0 Å². The number of carbonyl (C=O) groups is 1. The number of halogens is 2. The second-order valence-corrected chi connectivity index (χ2v) is 6.23. The molecule has 1 aliphatic rings. The van der Waals surface area contributed by atoms with E-state index in [2.05, 4.69) is 26.2 Å². The van der Waals surface area contributed by atoms with Crippen molar-refractivity contribution in [3.05, 3.63) is 69.3 Å². The van der Waals surface area contributed by atoms with Gasteiger partial charge in [0.05, 0.1) is 0 Å². The quantitative estimate of drug-likeness (QED) is 0.786. The van der Waals surface area contributed by atoms with Crippen molar-refractivity contribution >= 4 is 45.3 Å². The Kier molecular flexibility index (Phi) is 4.79. The molecule has 0 spiro atoms. The van der Waals surface area contributed by atoms with Crippen LogP contribution in [0.4, 0.5) is 5.82 Å². The zero-order valence-corrected chi connectivity index (χ0v) is 14.3. The van der Waals surface area contributed by atoms with Gasteiger partial charge in [-0.2, -0.15) is 0 Å². The van der Waals surface area contributed by atoms with Crippen molar-refractivity contribution in [2.75, 3.05) is 11.9 Å². The monoisotopic (exact) mass is 390 g/mol. The van der Waals surface area contributed by atoms with E-state index in [1.165, 1.54) is 6.08 Å². The molecule has 3 rings (SSSR count). The van der Waals surface area contributed by atoms with Crippen LogP contribution in [0.15, 0.2) is 58.7 Å². The maximum Gasteiger partial charge on any atom is 0.249 e. The molecule has 1 N–H and O–H groups in total. The molecule has 6 heteroatoms. The molecule has 1 aromatic carbocycles. The molecule has 1 aromatic heterocycles. The molecule has 0 fully saturated rings. The van der Waals surface area contributed by atoms with Gasteiger partial charge in [0.2, 0.25) is 5.91 Å². The first kappa shape index (κ1) is 15.8. The van der Waals surface area contributed by atoms with Gasteiger partial charge in [-0.1, -0.05) is 17.7 Å². The number of aromatic nitrogens is 1. The molecule has 0 saturated carbocycles. The molecule has 0 unspecified atom stereocenters. The van der Waals surface area contributed by atoms with E-state index in [1.54, 1.807) is 24.4 Å². The Bertz CT molecular complexity index is 801. The predicted molar refractivity (Wildman–Crippen MR) is 94.6 cm³/mol. The second kappa shape index (κ2) is 6.98. The average molecular weight is 392 g/mol. The van der Waals surface area contributed by atoms with E-state index in [4.69, 9.17) is 16.3 Å². The van der Waals surface area contributed by atoms with E-state index in [0.29, 0.717) is 17.4 Å². The summed E-state index contributed by atoms with van der Waals surface area (Å²) in [5, 5.41) is 3.34. The summed E-state index contributed by atoms with van der Waals surface area (Å²) in [6.45, 7) is 0.412. The van der Waals surface area contributed by atoms with E-state index in [1.807, 2.05) is 24.3 Å². The lowest BCUT2D eigenvalue weighted by molar-refractivity contribution is -0.111. The highest BCUT2D eigenvalue weighted by Gasteiger charge is 2.10. The molecule has 23 heavy (non-hydrogen) atoms. The number of carbonyl (C=O) groups excluding carboxylic acids is 1. The largest absolute Gasteiger partial charge is 0.488 e. The molecule has 0 aliphatic carbocycles. The molecule has 116 valence electrons. The number of hydrogen-bond donors (Lipinski definition) is 1. The number of anilines is 1. The van der Waals surface area contributed by atoms with Gasteiger partial charge in [-0.3, -0.25) is 4.79 Å². The minimum Gasteiger partial charge on any atom is -0.488 e. The van der Waals surface area contributed by atoms with E-state index < -0.39 is 0 Å². The van der Waals surface area contributed by atoms with Gasteiger partial charge in [0.25, 0.3) is 0 Å². The van der Waals surface area contributed by atoms with Crippen LogP contribution in [0.2, 0.25) is 5.02 Å². The number of ether oxygens (including phenoxy) is 1. The summed E-state index contributed by atoms with van der Waals surface area (Å²) >= 11 is 9.27. The Hall–Kier alpha value is -2.11. The third-order valence-corrected chi connectivity index (χ3v) is 3.84. The van der Waals surface area contributed by atoms with Crippen molar-refractivity contribution in [2.24, 2.45) is 0 Å². The summed E-state index contributed by atoms with van der Waals surface area (Å²) in [7, 11) is 0. The maximum atomic E-state index is 11.9. The lowest BCUT2D eigenvalue weighted by Gasteiger charge is -2.16. The number of nitrogens with zero attached hydrogens (tertiary/aromatic N) is 1. The maximum absolute atomic E-state index is 11.9. The van der Waals surface area contributed by atoms with Crippen molar-refractivity contribution < 1.29 is 9.53 Å². The Labute approximate surface area is 147 Å². The smallest absolute Gasteiger partial charge is 0.249 e. The van der Waals surface area contributed by atoms with Crippen LogP contribution in [0, 0.1) is 0 Å². The topological polar surface area (TPSA) is 51.2 Å². The van der Waals surface area contributed by atoms with Gasteiger partial charge < -0.3 is 10.1 Å². The molecule has 4 nitrogen and oxygen atoms in total. The van der Waals surface area contributed by atoms with Crippen LogP contribution in [0.25, 0.3) is 6.08 Å². The zero-order chi connectivity index (χ0) is 16.2. The first-order valence-electron chi connectivity index (χ1n) is 6.84. The highest BCUT2D eigenvalue weighted by Crippen LogP contribution is 2.29. The van der Waals surface area contributed by atoms with E-state index in [0.717, 1.165) is 21.4 Å². The van der Waals surface area contributed by atoms with Crippen molar-refractivity contribution in [3.8, 4) is 5.75 Å². The van der Waals surface area contributed by atoms with Gasteiger partial charge in [-0.15, -0.1) is 0 Å². The molecule has 2 aromatic rings. The molecule has 1 amide bonds. The molecule has 1 aliphatic heterocycles. The summed E-state index contributed by atoms with van der Waals surface area (Å²) in [6, 6.07) is 8.98. The summed E-state index contributed by atoms with van der Waals surface area (Å²) in [6.07, 6.45) is 6.75. The van der Waals surface area contributed by atoms with Crippen molar-refractivity contribution in [2.45, 2.75) is 0 Å². The molecule has 0 saturated heterocycles. The molecule has 2 heterocycles. The first-order chi connectivity index (χ1) is 11.1. The number of fused-ring (bicyclic) bond motifs is 1. The third-order valence-electron chi connectivity index (χ3n) is 3.13. The number of hydrogen-bond acceptors (Lipinski definition) is 3. The van der Waals surface area contributed by atoms with Crippen LogP contribution in [-0.2, 0) is 4.79 Å². The second-order valence-electron chi connectivity index (χ2n) is 4.87. The summed E-state index contributed by atoms with van der Waals surface area (Å²) in [5.41, 5.74) is 1.79. The summed E-state index contributed by atoms with van der Waals surface area (Å²) in [5.74, 6) is 1.03. The minimum atomic E-state index is -0.252. The van der Waals surface area contributed by atoms with Gasteiger partial charge in [-0.05, 0) is 57.9 Å². The van der Waals surface area contributed by atoms with Gasteiger partial charge in [0.1, 0.15) is 18.2 Å². The Morgan fingerprint density at radius 3 is 3.00 bits per heavy atom.